The standard InChI is InChI=1S/C27H34N4O5/c1-17-14-31(26(33)20-9-11-28-12-10-20)18(2)16-36-23-8-7-21(29-25(32)19-5-6-19)13-22(23)27(34)30(3)15-24(17)35-4/h7-13,17-19,24H,5-6,14-16H2,1-4H3,(H,29,32)/t17-,18+,24-/m0/s1. The van der Waals surface area contributed by atoms with Crippen LogP contribution in [0.25, 0.3) is 0 Å². The van der Waals surface area contributed by atoms with Crippen LogP contribution in [0.4, 0.5) is 5.69 Å². The molecule has 0 radical (unpaired) electrons. The molecule has 2 heterocycles. The number of carbonyl (C=O) groups excluding carboxylic acids is 3. The molecule has 3 atom stereocenters. The highest BCUT2D eigenvalue weighted by Gasteiger charge is 2.32. The quantitative estimate of drug-likeness (QED) is 0.701. The van der Waals surface area contributed by atoms with E-state index in [-0.39, 0.29) is 48.3 Å². The number of hydrogen-bond donors (Lipinski definition) is 1. The maximum Gasteiger partial charge on any atom is 0.257 e. The monoisotopic (exact) mass is 494 g/mol. The lowest BCUT2D eigenvalue weighted by atomic mass is 10.0. The maximum absolute atomic E-state index is 13.5. The number of nitrogens with one attached hydrogen (secondary N) is 1. The van der Waals surface area contributed by atoms with Crippen molar-refractivity contribution in [2.45, 2.75) is 38.8 Å². The van der Waals surface area contributed by atoms with Crippen LogP contribution >= 0.6 is 0 Å². The van der Waals surface area contributed by atoms with Gasteiger partial charge in [-0.25, -0.2) is 0 Å². The first-order chi connectivity index (χ1) is 17.3. The van der Waals surface area contributed by atoms with Crippen LogP contribution in [0.3, 0.4) is 0 Å². The van der Waals surface area contributed by atoms with Crippen LogP contribution in [0.1, 0.15) is 47.4 Å². The average Bonchev–Trinajstić information content (AvgIpc) is 3.74. The highest BCUT2D eigenvalue weighted by atomic mass is 16.5. The number of hydrogen-bond acceptors (Lipinski definition) is 6. The first kappa shape index (κ1) is 25.6. The molecule has 1 aliphatic heterocycles. The van der Waals surface area contributed by atoms with Crippen molar-refractivity contribution in [3.63, 3.8) is 0 Å². The van der Waals surface area contributed by atoms with E-state index in [9.17, 15) is 14.4 Å². The minimum absolute atomic E-state index is 0.0306. The Labute approximate surface area is 211 Å². The first-order valence-corrected chi connectivity index (χ1v) is 12.4. The highest BCUT2D eigenvalue weighted by Crippen LogP contribution is 2.31. The smallest absolute Gasteiger partial charge is 0.257 e. The maximum atomic E-state index is 13.5. The molecule has 9 nitrogen and oxygen atoms in total. The van der Waals surface area contributed by atoms with Gasteiger partial charge in [0.25, 0.3) is 11.8 Å². The molecule has 1 fully saturated rings. The molecule has 2 aliphatic rings. The van der Waals surface area contributed by atoms with Gasteiger partial charge in [-0.3, -0.25) is 19.4 Å². The molecular weight excluding hydrogens is 460 g/mol. The number of amides is 3. The van der Waals surface area contributed by atoms with Crippen molar-refractivity contribution in [1.82, 2.24) is 14.8 Å². The second-order valence-electron chi connectivity index (χ2n) is 9.77. The fourth-order valence-electron chi connectivity index (χ4n) is 4.39. The molecular formula is C27H34N4O5. The Balaban J connectivity index is 1.65. The third-order valence-electron chi connectivity index (χ3n) is 6.85. The Morgan fingerprint density at radius 3 is 2.50 bits per heavy atom. The molecule has 9 heteroatoms. The van der Waals surface area contributed by atoms with Crippen molar-refractivity contribution in [2.75, 3.05) is 39.2 Å². The minimum atomic E-state index is -0.291. The van der Waals surface area contributed by atoms with E-state index in [2.05, 4.69) is 10.3 Å². The third-order valence-corrected chi connectivity index (χ3v) is 6.85. The van der Waals surface area contributed by atoms with Gasteiger partial charge < -0.3 is 24.6 Å². The van der Waals surface area contributed by atoms with Crippen molar-refractivity contribution in [3.8, 4) is 5.75 Å². The summed E-state index contributed by atoms with van der Waals surface area (Å²) >= 11 is 0. The number of likely N-dealkylation sites (N-methyl/N-ethyl adjacent to an activating group) is 1. The molecule has 0 bridgehead atoms. The number of rotatable bonds is 4. The summed E-state index contributed by atoms with van der Waals surface area (Å²) in [6.07, 6.45) is 4.70. The molecule has 192 valence electrons. The van der Waals surface area contributed by atoms with E-state index < -0.39 is 0 Å². The van der Waals surface area contributed by atoms with Crippen LogP contribution < -0.4 is 10.1 Å². The van der Waals surface area contributed by atoms with Crippen LogP contribution in [0.5, 0.6) is 5.75 Å². The lowest BCUT2D eigenvalue weighted by Crippen LogP contribution is -2.48. The Morgan fingerprint density at radius 1 is 1.11 bits per heavy atom. The van der Waals surface area contributed by atoms with Crippen molar-refractivity contribution in [2.24, 2.45) is 11.8 Å². The summed E-state index contributed by atoms with van der Waals surface area (Å²) in [7, 11) is 3.33. The number of fused-ring (bicyclic) bond motifs is 1. The molecule has 36 heavy (non-hydrogen) atoms. The van der Waals surface area contributed by atoms with Gasteiger partial charge in [0.1, 0.15) is 12.4 Å². The van der Waals surface area contributed by atoms with Gasteiger partial charge in [0.05, 0.1) is 17.7 Å². The molecule has 1 aliphatic carbocycles. The van der Waals surface area contributed by atoms with Gasteiger partial charge in [-0.1, -0.05) is 6.92 Å². The minimum Gasteiger partial charge on any atom is -0.491 e. The highest BCUT2D eigenvalue weighted by molar-refractivity contribution is 6.00. The van der Waals surface area contributed by atoms with Crippen LogP contribution in [-0.2, 0) is 9.53 Å². The van der Waals surface area contributed by atoms with Crippen molar-refractivity contribution < 1.29 is 23.9 Å². The van der Waals surface area contributed by atoms with E-state index in [1.165, 1.54) is 0 Å². The molecule has 3 amide bonds. The topological polar surface area (TPSA) is 101 Å². The first-order valence-electron chi connectivity index (χ1n) is 12.4. The van der Waals surface area contributed by atoms with E-state index in [1.807, 2.05) is 13.8 Å². The molecule has 0 unspecified atom stereocenters. The second kappa shape index (κ2) is 11.1. The Kier molecular flexibility index (Phi) is 7.88. The van der Waals surface area contributed by atoms with Gasteiger partial charge in [0.15, 0.2) is 0 Å². The molecule has 1 N–H and O–H groups in total. The largest absolute Gasteiger partial charge is 0.491 e. The summed E-state index contributed by atoms with van der Waals surface area (Å²) < 4.78 is 11.9. The molecule has 0 saturated heterocycles. The molecule has 0 spiro atoms. The number of carbonyl (C=O) groups is 3. The molecule has 2 aromatic rings. The number of nitrogens with zero attached hydrogens (tertiary/aromatic N) is 3. The number of pyridine rings is 1. The summed E-state index contributed by atoms with van der Waals surface area (Å²) in [6, 6.07) is 8.22. The number of aromatic nitrogens is 1. The van der Waals surface area contributed by atoms with Crippen molar-refractivity contribution >= 4 is 23.4 Å². The normalized spacial score (nSPS) is 23.1. The third kappa shape index (κ3) is 5.84. The number of benzene rings is 1. The summed E-state index contributed by atoms with van der Waals surface area (Å²) in [6.45, 7) is 4.90. The van der Waals surface area contributed by atoms with E-state index in [0.717, 1.165) is 12.8 Å². The fourth-order valence-corrected chi connectivity index (χ4v) is 4.39. The van der Waals surface area contributed by atoms with Crippen LogP contribution in [0.2, 0.25) is 0 Å². The lowest BCUT2D eigenvalue weighted by Gasteiger charge is -2.36. The Morgan fingerprint density at radius 2 is 1.83 bits per heavy atom. The van der Waals surface area contributed by atoms with Crippen molar-refractivity contribution in [3.05, 3.63) is 53.9 Å². The van der Waals surface area contributed by atoms with Gasteiger partial charge in [0, 0.05) is 62.7 Å². The van der Waals surface area contributed by atoms with Gasteiger partial charge in [-0.05, 0) is 50.1 Å². The average molecular weight is 495 g/mol. The zero-order valence-corrected chi connectivity index (χ0v) is 21.3. The summed E-state index contributed by atoms with van der Waals surface area (Å²) in [4.78, 5) is 46.6. The second-order valence-corrected chi connectivity index (χ2v) is 9.77. The van der Waals surface area contributed by atoms with Crippen LogP contribution in [0.15, 0.2) is 42.7 Å². The zero-order chi connectivity index (χ0) is 25.8. The number of methoxy groups -OCH3 is 1. The van der Waals surface area contributed by atoms with Gasteiger partial charge in [-0.15, -0.1) is 0 Å². The van der Waals surface area contributed by atoms with Crippen LogP contribution in [-0.4, -0.2) is 78.5 Å². The van der Waals surface area contributed by atoms with Crippen molar-refractivity contribution in [1.29, 1.82) is 0 Å². The summed E-state index contributed by atoms with van der Waals surface area (Å²) in [5, 5.41) is 2.90. The van der Waals surface area contributed by atoms with Gasteiger partial charge in [-0.2, -0.15) is 0 Å². The summed E-state index contributed by atoms with van der Waals surface area (Å²) in [5.74, 6) is 0.0321. The molecule has 4 rings (SSSR count). The van der Waals surface area contributed by atoms with E-state index >= 15 is 0 Å². The van der Waals surface area contributed by atoms with E-state index in [0.29, 0.717) is 35.7 Å². The Bertz CT molecular complexity index is 1100. The predicted octanol–water partition coefficient (Wildman–Crippen LogP) is 3.08. The van der Waals surface area contributed by atoms with Gasteiger partial charge >= 0.3 is 0 Å². The predicted molar refractivity (Wildman–Crippen MR) is 135 cm³/mol. The van der Waals surface area contributed by atoms with Gasteiger partial charge in [0.2, 0.25) is 5.91 Å². The lowest BCUT2D eigenvalue weighted by molar-refractivity contribution is -0.117. The van der Waals surface area contributed by atoms with Crippen LogP contribution in [0, 0.1) is 11.8 Å². The number of anilines is 1. The fraction of sp³-hybridized carbons (Fsp3) is 0.481. The van der Waals surface area contributed by atoms with E-state index in [1.54, 1.807) is 66.7 Å². The molecule has 1 aromatic carbocycles. The molecule has 1 saturated carbocycles. The Hall–Kier alpha value is -3.46. The number of ether oxygens (including phenoxy) is 2. The SMILES string of the molecule is CO[C@H]1CN(C)C(=O)c2cc(NC(=O)C3CC3)ccc2OC[C@@H](C)N(C(=O)c2ccncc2)C[C@@H]1C. The molecule has 1 aromatic heterocycles. The summed E-state index contributed by atoms with van der Waals surface area (Å²) in [5.41, 5.74) is 1.46. The van der Waals surface area contributed by atoms with E-state index in [4.69, 9.17) is 9.47 Å². The zero-order valence-electron chi connectivity index (χ0n) is 21.3.